The summed E-state index contributed by atoms with van der Waals surface area (Å²) in [7, 11) is 0. The summed E-state index contributed by atoms with van der Waals surface area (Å²) in [5.74, 6) is 0. The smallest absolute Gasteiger partial charge is 0.0540 e. The van der Waals surface area contributed by atoms with Crippen molar-refractivity contribution in [3.05, 3.63) is 200 Å². The van der Waals surface area contributed by atoms with E-state index in [1.165, 1.54) is 75.1 Å². The van der Waals surface area contributed by atoms with Gasteiger partial charge in [0.2, 0.25) is 0 Å². The molecule has 1 aromatic heterocycles. The van der Waals surface area contributed by atoms with Crippen LogP contribution < -0.4 is 4.90 Å². The molecule has 0 N–H and O–H groups in total. The largest absolute Gasteiger partial charge is 0.310 e. The van der Waals surface area contributed by atoms with Crippen LogP contribution in [0.25, 0.3) is 75.1 Å². The Morgan fingerprint density at radius 3 is 1.63 bits per heavy atom. The first-order valence-corrected chi connectivity index (χ1v) is 18.6. The van der Waals surface area contributed by atoms with Gasteiger partial charge >= 0.3 is 0 Å². The van der Waals surface area contributed by atoms with Crippen LogP contribution in [0.2, 0.25) is 0 Å². The minimum absolute atomic E-state index is 1.11. The third-order valence-electron chi connectivity index (χ3n) is 10.3. The predicted octanol–water partition coefficient (Wildman–Crippen LogP) is 14.8. The van der Waals surface area contributed by atoms with E-state index in [1.54, 1.807) is 0 Å². The maximum absolute atomic E-state index is 2.40. The summed E-state index contributed by atoms with van der Waals surface area (Å²) in [4.78, 5) is 2.40. The average Bonchev–Trinajstić information content (AvgIpc) is 3.60. The highest BCUT2D eigenvalue weighted by Crippen LogP contribution is 2.44. The monoisotopic (exact) mass is 679 g/mol. The van der Waals surface area contributed by atoms with Gasteiger partial charge in [0, 0.05) is 37.1 Å². The number of hydrogen-bond acceptors (Lipinski definition) is 2. The lowest BCUT2D eigenvalue weighted by Gasteiger charge is -2.28. The fourth-order valence-corrected chi connectivity index (χ4v) is 8.98. The maximum Gasteiger partial charge on any atom is 0.0540 e. The van der Waals surface area contributed by atoms with Gasteiger partial charge in [-0.15, -0.1) is 11.3 Å². The highest BCUT2D eigenvalue weighted by atomic mass is 32.1. The molecule has 0 aliphatic rings. The molecule has 0 unspecified atom stereocenters. The summed E-state index contributed by atoms with van der Waals surface area (Å²) in [5.41, 5.74) is 10.6. The second kappa shape index (κ2) is 12.7. The molecule has 52 heavy (non-hydrogen) atoms. The number of nitrogens with zero attached hydrogens (tertiary/aromatic N) is 1. The fourth-order valence-electron chi connectivity index (χ4n) is 7.70. The van der Waals surface area contributed by atoms with Crippen molar-refractivity contribution in [2.75, 3.05) is 4.90 Å². The van der Waals surface area contributed by atoms with Gasteiger partial charge in [-0.25, -0.2) is 0 Å². The third-order valence-corrected chi connectivity index (χ3v) is 11.5. The molecule has 2 heteroatoms. The molecule has 1 nitrogen and oxygen atoms in total. The summed E-state index contributed by atoms with van der Waals surface area (Å²) in [6.07, 6.45) is 0. The molecule has 0 amide bonds. The summed E-state index contributed by atoms with van der Waals surface area (Å²) < 4.78 is 2.68. The number of rotatable bonds is 6. The predicted molar refractivity (Wildman–Crippen MR) is 225 cm³/mol. The number of thiophene rings is 1. The van der Waals surface area contributed by atoms with Crippen molar-refractivity contribution in [3.8, 4) is 33.4 Å². The Hall–Kier alpha value is -6.48. The van der Waals surface area contributed by atoms with Gasteiger partial charge in [0.1, 0.15) is 0 Å². The van der Waals surface area contributed by atoms with Crippen molar-refractivity contribution in [1.29, 1.82) is 0 Å². The third kappa shape index (κ3) is 5.24. The van der Waals surface area contributed by atoms with Crippen LogP contribution in [0.15, 0.2) is 200 Å². The zero-order valence-corrected chi connectivity index (χ0v) is 29.2. The van der Waals surface area contributed by atoms with Gasteiger partial charge in [-0.2, -0.15) is 0 Å². The van der Waals surface area contributed by atoms with Crippen molar-refractivity contribution in [2.24, 2.45) is 0 Å². The van der Waals surface area contributed by atoms with E-state index in [9.17, 15) is 0 Å². The van der Waals surface area contributed by atoms with E-state index >= 15 is 0 Å². The quantitative estimate of drug-likeness (QED) is 0.169. The van der Waals surface area contributed by atoms with Gasteiger partial charge in [-0.05, 0) is 85.8 Å². The van der Waals surface area contributed by atoms with Gasteiger partial charge in [0.15, 0.2) is 0 Å². The highest BCUT2D eigenvalue weighted by Gasteiger charge is 2.19. The lowest BCUT2D eigenvalue weighted by atomic mass is 9.96. The van der Waals surface area contributed by atoms with Crippen LogP contribution in [0.4, 0.5) is 17.1 Å². The molecule has 0 atom stereocenters. The zero-order valence-electron chi connectivity index (χ0n) is 28.4. The molecule has 244 valence electrons. The molecule has 0 saturated heterocycles. The first-order chi connectivity index (χ1) is 25.8. The Morgan fingerprint density at radius 2 is 0.865 bits per heavy atom. The standard InChI is InChI=1S/C50H33NS/c1-2-11-34(12-3-1)35-21-27-40(28-22-35)51(48-20-9-8-18-45(48)44-19-10-15-37-13-4-6-16-42(37)44)41-29-23-36(24-30-41)39-26-31-46-47-32-25-38-14-5-7-17-43(38)50(47)52-49(46)33-39/h1-33H. The van der Waals surface area contributed by atoms with Crippen LogP contribution in [0.5, 0.6) is 0 Å². The van der Waals surface area contributed by atoms with Gasteiger partial charge in [-0.1, -0.05) is 164 Å². The van der Waals surface area contributed by atoms with Crippen molar-refractivity contribution in [1.82, 2.24) is 0 Å². The van der Waals surface area contributed by atoms with Crippen molar-refractivity contribution >= 4 is 70.1 Å². The summed E-state index contributed by atoms with van der Waals surface area (Å²) >= 11 is 1.89. The first-order valence-electron chi connectivity index (χ1n) is 17.8. The summed E-state index contributed by atoms with van der Waals surface area (Å²) in [6.45, 7) is 0. The molecule has 10 aromatic rings. The highest BCUT2D eigenvalue weighted by molar-refractivity contribution is 7.26. The lowest BCUT2D eigenvalue weighted by molar-refractivity contribution is 1.28. The van der Waals surface area contributed by atoms with E-state index in [1.807, 2.05) is 11.3 Å². The summed E-state index contributed by atoms with van der Waals surface area (Å²) in [6, 6.07) is 72.8. The van der Waals surface area contributed by atoms with E-state index in [4.69, 9.17) is 0 Å². The fraction of sp³-hybridized carbons (Fsp3) is 0. The van der Waals surface area contributed by atoms with Crippen LogP contribution in [0.1, 0.15) is 0 Å². The Kier molecular flexibility index (Phi) is 7.41. The topological polar surface area (TPSA) is 3.24 Å². The van der Waals surface area contributed by atoms with Crippen LogP contribution >= 0.6 is 11.3 Å². The molecule has 0 radical (unpaired) electrons. The molecular weight excluding hydrogens is 647 g/mol. The molecule has 0 aliphatic carbocycles. The number of fused-ring (bicyclic) bond motifs is 6. The van der Waals surface area contributed by atoms with Gasteiger partial charge in [0.25, 0.3) is 0 Å². The van der Waals surface area contributed by atoms with Crippen LogP contribution in [0, 0.1) is 0 Å². The van der Waals surface area contributed by atoms with Crippen molar-refractivity contribution in [2.45, 2.75) is 0 Å². The van der Waals surface area contributed by atoms with Crippen LogP contribution in [0.3, 0.4) is 0 Å². The number of para-hydroxylation sites is 1. The zero-order chi connectivity index (χ0) is 34.4. The average molecular weight is 680 g/mol. The number of hydrogen-bond donors (Lipinski definition) is 0. The second-order valence-electron chi connectivity index (χ2n) is 13.3. The van der Waals surface area contributed by atoms with Crippen LogP contribution in [-0.4, -0.2) is 0 Å². The van der Waals surface area contributed by atoms with Crippen molar-refractivity contribution in [3.63, 3.8) is 0 Å². The van der Waals surface area contributed by atoms with E-state index in [0.29, 0.717) is 0 Å². The Labute approximate surface area is 307 Å². The molecule has 1 heterocycles. The minimum atomic E-state index is 1.11. The van der Waals surface area contributed by atoms with Crippen molar-refractivity contribution < 1.29 is 0 Å². The van der Waals surface area contributed by atoms with E-state index in [2.05, 4.69) is 205 Å². The summed E-state index contributed by atoms with van der Waals surface area (Å²) in [5, 5.41) is 7.76. The molecule has 10 rings (SSSR count). The van der Waals surface area contributed by atoms with Gasteiger partial charge in [-0.3, -0.25) is 0 Å². The van der Waals surface area contributed by atoms with E-state index in [0.717, 1.165) is 17.1 Å². The van der Waals surface area contributed by atoms with Gasteiger partial charge < -0.3 is 4.90 Å². The molecule has 0 bridgehead atoms. The van der Waals surface area contributed by atoms with Gasteiger partial charge in [0.05, 0.1) is 5.69 Å². The molecule has 0 aliphatic heterocycles. The molecule has 9 aromatic carbocycles. The maximum atomic E-state index is 2.40. The Morgan fingerprint density at radius 1 is 0.327 bits per heavy atom. The first kappa shape index (κ1) is 30.4. The molecule has 0 fully saturated rings. The lowest BCUT2D eigenvalue weighted by Crippen LogP contribution is -2.11. The Balaban J connectivity index is 1.09. The molecular formula is C50H33NS. The minimum Gasteiger partial charge on any atom is -0.310 e. The van der Waals surface area contributed by atoms with E-state index in [-0.39, 0.29) is 0 Å². The normalized spacial score (nSPS) is 11.5. The number of benzene rings is 9. The molecule has 0 saturated carbocycles. The SMILES string of the molecule is c1ccc(-c2ccc(N(c3ccc(-c4ccc5c(c4)sc4c6ccccc6ccc54)cc3)c3ccccc3-c3cccc4ccccc34)cc2)cc1. The second-order valence-corrected chi connectivity index (χ2v) is 14.4. The number of anilines is 3. The van der Waals surface area contributed by atoms with E-state index < -0.39 is 0 Å². The Bertz CT molecular complexity index is 2880. The van der Waals surface area contributed by atoms with Crippen LogP contribution in [-0.2, 0) is 0 Å². The molecule has 0 spiro atoms.